The second-order valence-electron chi connectivity index (χ2n) is 5.33. The van der Waals surface area contributed by atoms with E-state index in [2.05, 4.69) is 5.10 Å². The molecule has 0 aromatic carbocycles. The Morgan fingerprint density at radius 3 is 2.55 bits per heavy atom. The Hall–Kier alpha value is -1.76. The minimum atomic E-state index is -0.476. The van der Waals surface area contributed by atoms with Crippen molar-refractivity contribution in [3.63, 3.8) is 0 Å². The highest BCUT2D eigenvalue weighted by Crippen LogP contribution is 2.30. The highest BCUT2D eigenvalue weighted by atomic mass is 16.5. The molecule has 1 aromatic heterocycles. The Labute approximate surface area is 118 Å². The van der Waals surface area contributed by atoms with Gasteiger partial charge in [-0.2, -0.15) is 5.10 Å². The van der Waals surface area contributed by atoms with Crippen molar-refractivity contribution in [2.45, 2.75) is 38.8 Å². The van der Waals surface area contributed by atoms with E-state index >= 15 is 0 Å². The summed E-state index contributed by atoms with van der Waals surface area (Å²) in [6.45, 7) is 5.21. The maximum atomic E-state index is 12.0. The number of esters is 1. The summed E-state index contributed by atoms with van der Waals surface area (Å²) in [6, 6.07) is 0.0579. The topological polar surface area (TPSA) is 93.6 Å². The van der Waals surface area contributed by atoms with Crippen molar-refractivity contribution in [2.75, 3.05) is 30.8 Å². The molecular weight excluding hydrogens is 260 g/mol. The van der Waals surface area contributed by atoms with E-state index in [9.17, 15) is 9.90 Å². The van der Waals surface area contributed by atoms with Crippen LogP contribution < -0.4 is 10.6 Å². The summed E-state index contributed by atoms with van der Waals surface area (Å²) in [5.41, 5.74) is 6.36. The fourth-order valence-electron chi connectivity index (χ4n) is 2.43. The minimum absolute atomic E-state index is 0.0579. The Balaban J connectivity index is 2.40. The molecule has 0 radical (unpaired) electrons. The zero-order chi connectivity index (χ0) is 14.9. The second kappa shape index (κ2) is 5.70. The molecule has 7 nitrogen and oxygen atoms in total. The fourth-order valence-corrected chi connectivity index (χ4v) is 2.43. The van der Waals surface area contributed by atoms with E-state index < -0.39 is 5.97 Å². The summed E-state index contributed by atoms with van der Waals surface area (Å²) < 4.78 is 6.45. The van der Waals surface area contributed by atoms with Gasteiger partial charge >= 0.3 is 5.97 Å². The Bertz CT molecular complexity index is 490. The van der Waals surface area contributed by atoms with Crippen molar-refractivity contribution in [1.29, 1.82) is 0 Å². The molecule has 1 fully saturated rings. The van der Waals surface area contributed by atoms with Gasteiger partial charge in [-0.15, -0.1) is 0 Å². The molecule has 0 amide bonds. The van der Waals surface area contributed by atoms with Crippen LogP contribution in [-0.2, 0) is 4.74 Å². The lowest BCUT2D eigenvalue weighted by Gasteiger charge is -2.30. The highest BCUT2D eigenvalue weighted by Gasteiger charge is 2.29. The Morgan fingerprint density at radius 1 is 1.45 bits per heavy atom. The summed E-state index contributed by atoms with van der Waals surface area (Å²) in [6.07, 6.45) is 1.04. The van der Waals surface area contributed by atoms with Gasteiger partial charge in [0, 0.05) is 19.1 Å². The number of methoxy groups -OCH3 is 1. The Kier molecular flexibility index (Phi) is 4.17. The number of nitrogens with zero attached hydrogens (tertiary/aromatic N) is 3. The number of carbonyl (C=O) groups is 1. The molecule has 112 valence electrons. The molecule has 0 saturated carbocycles. The van der Waals surface area contributed by atoms with Gasteiger partial charge in [0.2, 0.25) is 0 Å². The zero-order valence-electron chi connectivity index (χ0n) is 12.2. The molecule has 2 heterocycles. The molecule has 3 N–H and O–H groups in total. The molecule has 0 spiro atoms. The largest absolute Gasteiger partial charge is 0.465 e. The van der Waals surface area contributed by atoms with Crippen molar-refractivity contribution >= 4 is 17.6 Å². The van der Waals surface area contributed by atoms with E-state index in [1.165, 1.54) is 7.11 Å². The lowest BCUT2D eigenvalue weighted by molar-refractivity contribution is 0.0602. The van der Waals surface area contributed by atoms with E-state index in [0.29, 0.717) is 43.1 Å². The van der Waals surface area contributed by atoms with Gasteiger partial charge in [-0.25, -0.2) is 9.48 Å². The van der Waals surface area contributed by atoms with Crippen molar-refractivity contribution in [1.82, 2.24) is 9.78 Å². The molecular formula is C13H22N4O3. The first-order chi connectivity index (χ1) is 9.45. The number of nitrogen functional groups attached to an aromatic ring is 1. The van der Waals surface area contributed by atoms with Gasteiger partial charge in [0.1, 0.15) is 11.4 Å². The van der Waals surface area contributed by atoms with Gasteiger partial charge in [-0.05, 0) is 26.7 Å². The molecule has 1 saturated heterocycles. The summed E-state index contributed by atoms with van der Waals surface area (Å²) in [5, 5.41) is 14.0. The van der Waals surface area contributed by atoms with Gasteiger partial charge < -0.3 is 20.5 Å². The minimum Gasteiger partial charge on any atom is -0.465 e. The lowest BCUT2D eigenvalue weighted by atomic mass is 10.1. The molecule has 7 heteroatoms. The summed E-state index contributed by atoms with van der Waals surface area (Å²) in [7, 11) is 1.33. The van der Waals surface area contributed by atoms with Gasteiger partial charge in [0.05, 0.1) is 13.2 Å². The van der Waals surface area contributed by atoms with E-state index in [-0.39, 0.29) is 12.1 Å². The predicted octanol–water partition coefficient (Wildman–Crippen LogP) is 0.794. The fraction of sp³-hybridized carbons (Fsp3) is 0.692. The molecule has 1 aromatic rings. The third kappa shape index (κ3) is 2.58. The summed E-state index contributed by atoms with van der Waals surface area (Å²) in [4.78, 5) is 13.9. The number of hydrogen-bond acceptors (Lipinski definition) is 6. The van der Waals surface area contributed by atoms with Crippen LogP contribution in [0.5, 0.6) is 0 Å². The molecule has 0 unspecified atom stereocenters. The maximum absolute atomic E-state index is 12.0. The number of rotatable bonds is 3. The lowest BCUT2D eigenvalue weighted by Crippen LogP contribution is -2.37. The van der Waals surface area contributed by atoms with Crippen molar-refractivity contribution in [3.05, 3.63) is 5.56 Å². The maximum Gasteiger partial charge on any atom is 0.345 e. The van der Waals surface area contributed by atoms with E-state index in [4.69, 9.17) is 10.5 Å². The number of piperidine rings is 1. The molecule has 1 aliphatic rings. The molecule has 2 rings (SSSR count). The number of aliphatic hydroxyl groups excluding tert-OH is 1. The smallest absolute Gasteiger partial charge is 0.345 e. The average molecular weight is 282 g/mol. The quantitative estimate of drug-likeness (QED) is 0.796. The van der Waals surface area contributed by atoms with Crippen LogP contribution in [0.1, 0.15) is 43.1 Å². The standard InChI is InChI=1S/C13H22N4O3/c1-8(2)17-11(14)10(13(19)20-3)12(15-17)16-6-4-9(18)5-7-16/h8-9,18H,4-7,14H2,1-3H3. The first kappa shape index (κ1) is 14.6. The van der Waals surface area contributed by atoms with Crippen molar-refractivity contribution in [2.24, 2.45) is 0 Å². The van der Waals surface area contributed by atoms with Gasteiger partial charge in [-0.1, -0.05) is 0 Å². The number of nitrogens with two attached hydrogens (primary N) is 1. The second-order valence-corrected chi connectivity index (χ2v) is 5.33. The first-order valence-corrected chi connectivity index (χ1v) is 6.85. The molecule has 1 aliphatic heterocycles. The van der Waals surface area contributed by atoms with Crippen LogP contribution in [-0.4, -0.2) is 47.2 Å². The van der Waals surface area contributed by atoms with Crippen LogP contribution >= 0.6 is 0 Å². The van der Waals surface area contributed by atoms with Crippen LogP contribution in [0.25, 0.3) is 0 Å². The van der Waals surface area contributed by atoms with Gasteiger partial charge in [-0.3, -0.25) is 0 Å². The molecule has 0 aliphatic carbocycles. The monoisotopic (exact) mass is 282 g/mol. The number of anilines is 2. The Morgan fingerprint density at radius 2 is 2.05 bits per heavy atom. The zero-order valence-corrected chi connectivity index (χ0v) is 12.2. The van der Waals surface area contributed by atoms with Gasteiger partial charge in [0.25, 0.3) is 0 Å². The predicted molar refractivity (Wildman–Crippen MR) is 75.8 cm³/mol. The van der Waals surface area contributed by atoms with E-state index in [1.807, 2.05) is 18.7 Å². The van der Waals surface area contributed by atoms with Crippen molar-refractivity contribution in [3.8, 4) is 0 Å². The number of hydrogen-bond donors (Lipinski definition) is 2. The number of ether oxygens (including phenoxy) is 1. The van der Waals surface area contributed by atoms with Crippen LogP contribution in [0.2, 0.25) is 0 Å². The third-order valence-electron chi connectivity index (χ3n) is 3.57. The summed E-state index contributed by atoms with van der Waals surface area (Å²) >= 11 is 0. The van der Waals surface area contributed by atoms with Crippen LogP contribution in [0.4, 0.5) is 11.6 Å². The van der Waals surface area contributed by atoms with E-state index in [0.717, 1.165) is 0 Å². The van der Waals surface area contributed by atoms with Crippen molar-refractivity contribution < 1.29 is 14.6 Å². The van der Waals surface area contributed by atoms with E-state index in [1.54, 1.807) is 4.68 Å². The van der Waals surface area contributed by atoms with Crippen LogP contribution in [0.15, 0.2) is 0 Å². The summed E-state index contributed by atoms with van der Waals surface area (Å²) in [5.74, 6) is 0.401. The third-order valence-corrected chi connectivity index (χ3v) is 3.57. The number of carbonyl (C=O) groups excluding carboxylic acids is 1. The van der Waals surface area contributed by atoms with Crippen LogP contribution in [0.3, 0.4) is 0 Å². The average Bonchev–Trinajstić information content (AvgIpc) is 2.76. The normalized spacial score (nSPS) is 16.8. The highest BCUT2D eigenvalue weighted by molar-refractivity contribution is 5.99. The SMILES string of the molecule is COC(=O)c1c(N2CCC(O)CC2)nn(C(C)C)c1N. The molecule has 0 bridgehead atoms. The first-order valence-electron chi connectivity index (χ1n) is 6.85. The van der Waals surface area contributed by atoms with Gasteiger partial charge in [0.15, 0.2) is 5.82 Å². The van der Waals surface area contributed by atoms with Crippen LogP contribution in [0, 0.1) is 0 Å². The molecule has 20 heavy (non-hydrogen) atoms. The molecule has 0 atom stereocenters. The number of aliphatic hydroxyl groups is 1. The number of aromatic nitrogens is 2.